The highest BCUT2D eigenvalue weighted by atomic mass is 16.6. The molecule has 11 heavy (non-hydrogen) atoms. The maximum Gasteiger partial charge on any atom is 0.0855 e. The molecule has 0 bridgehead atoms. The van der Waals surface area contributed by atoms with Crippen molar-refractivity contribution in [3.05, 3.63) is 0 Å². The van der Waals surface area contributed by atoms with Crippen molar-refractivity contribution in [2.24, 2.45) is 11.8 Å². The largest absolute Gasteiger partial charge is 0.369 e. The molecule has 1 saturated heterocycles. The average Bonchev–Trinajstić information content (AvgIpc) is 2.79. The standard InChI is InChI=1S/C8H8N2O/c9-3-5-1-7-8(11-7)2-6(5)4-10/h5-8H,1-2H2/t5-,6-,7-,8-/m0/s1. The molecule has 0 radical (unpaired) electrons. The Labute approximate surface area is 65.2 Å². The molecule has 2 fully saturated rings. The summed E-state index contributed by atoms with van der Waals surface area (Å²) >= 11 is 0. The highest BCUT2D eigenvalue weighted by Crippen LogP contribution is 2.42. The smallest absolute Gasteiger partial charge is 0.0855 e. The molecule has 1 aliphatic carbocycles. The fourth-order valence-corrected chi connectivity index (χ4v) is 1.71. The van der Waals surface area contributed by atoms with Gasteiger partial charge in [-0.1, -0.05) is 0 Å². The monoisotopic (exact) mass is 148 g/mol. The Morgan fingerprint density at radius 2 is 1.45 bits per heavy atom. The van der Waals surface area contributed by atoms with Gasteiger partial charge in [0.15, 0.2) is 0 Å². The van der Waals surface area contributed by atoms with E-state index >= 15 is 0 Å². The van der Waals surface area contributed by atoms with Crippen LogP contribution in [0.4, 0.5) is 0 Å². The van der Waals surface area contributed by atoms with Crippen molar-refractivity contribution in [3.63, 3.8) is 0 Å². The number of fused-ring (bicyclic) bond motifs is 1. The van der Waals surface area contributed by atoms with Crippen molar-refractivity contribution in [3.8, 4) is 12.1 Å². The van der Waals surface area contributed by atoms with Crippen molar-refractivity contribution in [1.82, 2.24) is 0 Å². The van der Waals surface area contributed by atoms with Crippen LogP contribution in [0.15, 0.2) is 0 Å². The highest BCUT2D eigenvalue weighted by Gasteiger charge is 2.48. The van der Waals surface area contributed by atoms with E-state index in [1.165, 1.54) is 0 Å². The zero-order valence-electron chi connectivity index (χ0n) is 6.03. The third kappa shape index (κ3) is 0.982. The van der Waals surface area contributed by atoms with Crippen LogP contribution in [-0.4, -0.2) is 12.2 Å². The zero-order valence-corrected chi connectivity index (χ0v) is 6.03. The summed E-state index contributed by atoms with van der Waals surface area (Å²) in [4.78, 5) is 0. The van der Waals surface area contributed by atoms with E-state index in [0.717, 1.165) is 12.8 Å². The van der Waals surface area contributed by atoms with E-state index < -0.39 is 0 Å². The molecule has 0 unspecified atom stereocenters. The first-order chi connectivity index (χ1) is 5.35. The molecule has 0 aromatic rings. The Kier molecular flexibility index (Phi) is 1.34. The molecule has 4 atom stereocenters. The van der Waals surface area contributed by atoms with Crippen LogP contribution < -0.4 is 0 Å². The van der Waals surface area contributed by atoms with Crippen LogP contribution in [-0.2, 0) is 4.74 Å². The third-order valence-corrected chi connectivity index (χ3v) is 2.48. The van der Waals surface area contributed by atoms with E-state index in [-0.39, 0.29) is 11.8 Å². The summed E-state index contributed by atoms with van der Waals surface area (Å²) in [5.74, 6) is -0.188. The van der Waals surface area contributed by atoms with Gasteiger partial charge in [-0.2, -0.15) is 10.5 Å². The van der Waals surface area contributed by atoms with E-state index in [0.29, 0.717) is 12.2 Å². The number of nitriles is 2. The Bertz CT molecular complexity index is 224. The number of rotatable bonds is 0. The van der Waals surface area contributed by atoms with E-state index in [9.17, 15) is 0 Å². The van der Waals surface area contributed by atoms with Crippen molar-refractivity contribution in [1.29, 1.82) is 10.5 Å². The molecule has 3 nitrogen and oxygen atoms in total. The van der Waals surface area contributed by atoms with Gasteiger partial charge >= 0.3 is 0 Å². The summed E-state index contributed by atoms with van der Waals surface area (Å²) in [7, 11) is 0. The molecule has 1 heterocycles. The van der Waals surface area contributed by atoms with E-state index in [1.807, 2.05) is 0 Å². The summed E-state index contributed by atoms with van der Waals surface area (Å²) in [6.07, 6.45) is 2.12. The first-order valence-electron chi connectivity index (χ1n) is 3.80. The molecule has 56 valence electrons. The van der Waals surface area contributed by atoms with E-state index in [2.05, 4.69) is 12.1 Å². The molecule has 0 spiro atoms. The molecule has 0 N–H and O–H groups in total. The van der Waals surface area contributed by atoms with Crippen molar-refractivity contribution in [2.75, 3.05) is 0 Å². The quantitative estimate of drug-likeness (QED) is 0.478. The van der Waals surface area contributed by atoms with E-state index in [1.54, 1.807) is 0 Å². The van der Waals surface area contributed by atoms with Gasteiger partial charge in [-0.3, -0.25) is 0 Å². The molecule has 1 aliphatic heterocycles. The van der Waals surface area contributed by atoms with Crippen LogP contribution in [0.2, 0.25) is 0 Å². The number of ether oxygens (including phenoxy) is 1. The molecule has 0 aromatic carbocycles. The number of epoxide rings is 1. The Hall–Kier alpha value is -1.06. The molecule has 0 aromatic heterocycles. The van der Waals surface area contributed by atoms with Gasteiger partial charge in [0.2, 0.25) is 0 Å². The lowest BCUT2D eigenvalue weighted by molar-refractivity contribution is 0.370. The number of nitrogens with zero attached hydrogens (tertiary/aromatic N) is 2. The van der Waals surface area contributed by atoms with Gasteiger partial charge in [0, 0.05) is 0 Å². The maximum atomic E-state index is 8.67. The predicted octanol–water partition coefficient (Wildman–Crippen LogP) is 0.827. The van der Waals surface area contributed by atoms with Gasteiger partial charge in [-0.15, -0.1) is 0 Å². The van der Waals surface area contributed by atoms with Gasteiger partial charge in [0.25, 0.3) is 0 Å². The highest BCUT2D eigenvalue weighted by molar-refractivity contribution is 5.08. The van der Waals surface area contributed by atoms with Crippen molar-refractivity contribution in [2.45, 2.75) is 25.0 Å². The molecule has 1 saturated carbocycles. The lowest BCUT2D eigenvalue weighted by atomic mass is 9.81. The van der Waals surface area contributed by atoms with Gasteiger partial charge in [0.05, 0.1) is 36.2 Å². The fourth-order valence-electron chi connectivity index (χ4n) is 1.71. The van der Waals surface area contributed by atoms with E-state index in [4.69, 9.17) is 15.3 Å². The van der Waals surface area contributed by atoms with Crippen molar-refractivity contribution < 1.29 is 4.74 Å². The number of hydrogen-bond donors (Lipinski definition) is 0. The second-order valence-corrected chi connectivity index (χ2v) is 3.16. The van der Waals surface area contributed by atoms with Crippen LogP contribution >= 0.6 is 0 Å². The summed E-state index contributed by atoms with van der Waals surface area (Å²) in [5.41, 5.74) is 0. The minimum absolute atomic E-state index is 0.0938. The third-order valence-electron chi connectivity index (χ3n) is 2.48. The molecular formula is C8H8N2O. The fraction of sp³-hybridized carbons (Fsp3) is 0.750. The second-order valence-electron chi connectivity index (χ2n) is 3.16. The molecule has 3 heteroatoms. The summed E-state index contributed by atoms with van der Waals surface area (Å²) in [5, 5.41) is 17.3. The number of hydrogen-bond acceptors (Lipinski definition) is 3. The minimum atomic E-state index is -0.0938. The summed E-state index contributed by atoms with van der Waals surface area (Å²) < 4.78 is 5.24. The van der Waals surface area contributed by atoms with Gasteiger partial charge < -0.3 is 4.74 Å². The predicted molar refractivity (Wildman–Crippen MR) is 36.1 cm³/mol. The van der Waals surface area contributed by atoms with Crippen molar-refractivity contribution >= 4 is 0 Å². The first kappa shape index (κ1) is 6.64. The minimum Gasteiger partial charge on any atom is -0.369 e. The van der Waals surface area contributed by atoms with Crippen LogP contribution in [0.3, 0.4) is 0 Å². The molecule has 2 aliphatic rings. The topological polar surface area (TPSA) is 60.1 Å². The lowest BCUT2D eigenvalue weighted by Crippen LogP contribution is -2.21. The van der Waals surface area contributed by atoms with Gasteiger partial charge in [-0.05, 0) is 12.8 Å². The average molecular weight is 148 g/mol. The Morgan fingerprint density at radius 3 is 1.82 bits per heavy atom. The normalized spacial score (nSPS) is 46.7. The molecular weight excluding hydrogens is 140 g/mol. The van der Waals surface area contributed by atoms with Crippen LogP contribution in [0.5, 0.6) is 0 Å². The Balaban J connectivity index is 2.08. The second kappa shape index (κ2) is 2.22. The molecule has 0 amide bonds. The van der Waals surface area contributed by atoms with Crippen LogP contribution in [0.25, 0.3) is 0 Å². The van der Waals surface area contributed by atoms with Gasteiger partial charge in [0.1, 0.15) is 0 Å². The zero-order chi connectivity index (χ0) is 7.84. The lowest BCUT2D eigenvalue weighted by Gasteiger charge is -2.16. The SMILES string of the molecule is N#C[C@@H]1C[C@@H]2O[C@H]2C[C@H]1C#N. The van der Waals surface area contributed by atoms with Crippen LogP contribution in [0.1, 0.15) is 12.8 Å². The summed E-state index contributed by atoms with van der Waals surface area (Å²) in [6.45, 7) is 0. The summed E-state index contributed by atoms with van der Waals surface area (Å²) in [6, 6.07) is 4.32. The Morgan fingerprint density at radius 1 is 1.00 bits per heavy atom. The van der Waals surface area contributed by atoms with Crippen LogP contribution in [0, 0.1) is 34.5 Å². The van der Waals surface area contributed by atoms with Gasteiger partial charge in [-0.25, -0.2) is 0 Å². The molecule has 2 rings (SSSR count). The first-order valence-corrected chi connectivity index (χ1v) is 3.80. The maximum absolute atomic E-state index is 8.67.